The van der Waals surface area contributed by atoms with Gasteiger partial charge in [0.25, 0.3) is 0 Å². The van der Waals surface area contributed by atoms with Crippen molar-refractivity contribution in [2.75, 3.05) is 6.54 Å². The Balaban J connectivity index is 2.27. The number of hydrogen-bond donors (Lipinski definition) is 1. The third-order valence-electron chi connectivity index (χ3n) is 3.41. The molecule has 2 N–H and O–H groups in total. The summed E-state index contributed by atoms with van der Waals surface area (Å²) in [7, 11) is -3.35. The lowest BCUT2D eigenvalue weighted by Gasteiger charge is -2.21. The van der Waals surface area contributed by atoms with Gasteiger partial charge in [-0.2, -0.15) is 4.31 Å². The molecule has 4 nitrogen and oxygen atoms in total. The normalized spacial score (nSPS) is 17.7. The van der Waals surface area contributed by atoms with Gasteiger partial charge in [-0.3, -0.25) is 0 Å². The van der Waals surface area contributed by atoms with Crippen LogP contribution in [0.25, 0.3) is 0 Å². The fourth-order valence-corrected chi connectivity index (χ4v) is 3.94. The first-order valence-corrected chi connectivity index (χ1v) is 8.28. The second-order valence-corrected chi connectivity index (χ2v) is 7.10. The highest BCUT2D eigenvalue weighted by Crippen LogP contribution is 2.32. The van der Waals surface area contributed by atoms with Crippen LogP contribution in [0.3, 0.4) is 0 Å². The number of benzene rings is 1. The highest BCUT2D eigenvalue weighted by molar-refractivity contribution is 7.89. The summed E-state index contributed by atoms with van der Waals surface area (Å²) < 4.78 is 26.8. The maximum Gasteiger partial charge on any atom is 0.243 e. The third kappa shape index (κ3) is 3.16. The van der Waals surface area contributed by atoms with E-state index in [1.54, 1.807) is 28.6 Å². The van der Waals surface area contributed by atoms with E-state index in [1.165, 1.54) is 0 Å². The zero-order valence-corrected chi connectivity index (χ0v) is 12.4. The lowest BCUT2D eigenvalue weighted by Crippen LogP contribution is -2.33. The molecule has 1 fully saturated rings. The zero-order chi connectivity index (χ0) is 14.0. The summed E-state index contributed by atoms with van der Waals surface area (Å²) in [6, 6.07) is 7.06. The van der Waals surface area contributed by atoms with E-state index in [-0.39, 0.29) is 12.1 Å². The summed E-state index contributed by atoms with van der Waals surface area (Å²) in [6.45, 7) is 4.49. The molecular weight excluding hydrogens is 260 g/mol. The van der Waals surface area contributed by atoms with Crippen LogP contribution >= 0.6 is 0 Å². The number of sulfonamides is 1. The van der Waals surface area contributed by atoms with Crippen LogP contribution in [0.2, 0.25) is 0 Å². The smallest absolute Gasteiger partial charge is 0.243 e. The van der Waals surface area contributed by atoms with E-state index in [2.05, 4.69) is 0 Å². The molecule has 106 valence electrons. The fourth-order valence-electron chi connectivity index (χ4n) is 2.16. The fraction of sp³-hybridized carbons (Fsp3) is 0.571. The Morgan fingerprint density at radius 1 is 1.32 bits per heavy atom. The van der Waals surface area contributed by atoms with Gasteiger partial charge in [-0.05, 0) is 43.9 Å². The number of rotatable bonds is 6. The molecule has 1 atom stereocenters. The Kier molecular flexibility index (Phi) is 4.28. The van der Waals surface area contributed by atoms with E-state index >= 15 is 0 Å². The van der Waals surface area contributed by atoms with E-state index in [0.29, 0.717) is 11.4 Å². The molecule has 0 aliphatic heterocycles. The second kappa shape index (κ2) is 5.61. The van der Waals surface area contributed by atoms with E-state index < -0.39 is 10.0 Å². The number of hydrogen-bond acceptors (Lipinski definition) is 3. The van der Waals surface area contributed by atoms with Crippen molar-refractivity contribution in [2.45, 2.75) is 50.1 Å². The second-order valence-electron chi connectivity index (χ2n) is 5.20. The van der Waals surface area contributed by atoms with Crippen LogP contribution in [0.1, 0.15) is 44.7 Å². The van der Waals surface area contributed by atoms with Crippen molar-refractivity contribution in [3.63, 3.8) is 0 Å². The van der Waals surface area contributed by atoms with Gasteiger partial charge in [0.15, 0.2) is 0 Å². The molecular formula is C14H22N2O2S. The Labute approximate surface area is 115 Å². The molecule has 1 unspecified atom stereocenters. The van der Waals surface area contributed by atoms with Crippen molar-refractivity contribution in [3.05, 3.63) is 29.8 Å². The van der Waals surface area contributed by atoms with Gasteiger partial charge in [-0.1, -0.05) is 19.1 Å². The first-order chi connectivity index (χ1) is 8.96. The van der Waals surface area contributed by atoms with Crippen LogP contribution in [0, 0.1) is 0 Å². The highest BCUT2D eigenvalue weighted by Gasteiger charge is 2.37. The van der Waals surface area contributed by atoms with Gasteiger partial charge in [-0.15, -0.1) is 0 Å². The SMILES string of the molecule is CCCN(C1CC1)S(=O)(=O)c1ccc(C(C)N)cc1. The van der Waals surface area contributed by atoms with Gasteiger partial charge in [0, 0.05) is 18.6 Å². The average Bonchev–Trinajstić information content (AvgIpc) is 3.20. The van der Waals surface area contributed by atoms with E-state index in [9.17, 15) is 8.42 Å². The largest absolute Gasteiger partial charge is 0.324 e. The van der Waals surface area contributed by atoms with Crippen LogP contribution in [0.15, 0.2) is 29.2 Å². The number of nitrogens with two attached hydrogens (primary N) is 1. The van der Waals surface area contributed by atoms with Crippen LogP contribution in [0.5, 0.6) is 0 Å². The van der Waals surface area contributed by atoms with Crippen molar-refractivity contribution in [1.82, 2.24) is 4.31 Å². The van der Waals surface area contributed by atoms with Crippen LogP contribution < -0.4 is 5.73 Å². The predicted molar refractivity (Wildman–Crippen MR) is 76.2 cm³/mol. The Hall–Kier alpha value is -0.910. The van der Waals surface area contributed by atoms with Gasteiger partial charge >= 0.3 is 0 Å². The first kappa shape index (κ1) is 14.5. The maximum atomic E-state index is 12.6. The standard InChI is InChI=1S/C14H22N2O2S/c1-3-10-16(13-6-7-13)19(17,18)14-8-4-12(5-9-14)11(2)15/h4-5,8-9,11,13H,3,6-7,10,15H2,1-2H3. The number of nitrogens with zero attached hydrogens (tertiary/aromatic N) is 1. The van der Waals surface area contributed by atoms with Crippen molar-refractivity contribution >= 4 is 10.0 Å². The van der Waals surface area contributed by atoms with E-state index in [1.807, 2.05) is 13.8 Å². The van der Waals surface area contributed by atoms with Gasteiger partial charge in [0.05, 0.1) is 4.90 Å². The maximum absolute atomic E-state index is 12.6. The molecule has 1 aliphatic carbocycles. The van der Waals surface area contributed by atoms with Gasteiger partial charge in [-0.25, -0.2) is 8.42 Å². The molecule has 0 heterocycles. The third-order valence-corrected chi connectivity index (χ3v) is 5.38. The van der Waals surface area contributed by atoms with E-state index in [4.69, 9.17) is 5.73 Å². The lowest BCUT2D eigenvalue weighted by atomic mass is 10.1. The van der Waals surface area contributed by atoms with Crippen molar-refractivity contribution in [1.29, 1.82) is 0 Å². The summed E-state index contributed by atoms with van der Waals surface area (Å²) >= 11 is 0. The summed E-state index contributed by atoms with van der Waals surface area (Å²) in [5, 5.41) is 0. The predicted octanol–water partition coefficient (Wildman–Crippen LogP) is 2.27. The van der Waals surface area contributed by atoms with Gasteiger partial charge < -0.3 is 5.73 Å². The zero-order valence-electron chi connectivity index (χ0n) is 11.5. The molecule has 19 heavy (non-hydrogen) atoms. The summed E-state index contributed by atoms with van der Waals surface area (Å²) in [4.78, 5) is 0.372. The molecule has 0 saturated heterocycles. The summed E-state index contributed by atoms with van der Waals surface area (Å²) in [5.74, 6) is 0. The molecule has 5 heteroatoms. The molecule has 0 spiro atoms. The molecule has 0 radical (unpaired) electrons. The van der Waals surface area contributed by atoms with Crippen molar-refractivity contribution in [2.24, 2.45) is 5.73 Å². The van der Waals surface area contributed by atoms with Crippen molar-refractivity contribution in [3.8, 4) is 0 Å². The minimum atomic E-state index is -3.35. The lowest BCUT2D eigenvalue weighted by molar-refractivity contribution is 0.403. The highest BCUT2D eigenvalue weighted by atomic mass is 32.2. The van der Waals surface area contributed by atoms with Gasteiger partial charge in [0.2, 0.25) is 10.0 Å². The topological polar surface area (TPSA) is 63.4 Å². The Morgan fingerprint density at radius 3 is 2.32 bits per heavy atom. The molecule has 0 aromatic heterocycles. The molecule has 1 saturated carbocycles. The van der Waals surface area contributed by atoms with Crippen LogP contribution in [0.4, 0.5) is 0 Å². The molecule has 1 aromatic rings. The quantitative estimate of drug-likeness (QED) is 0.870. The molecule has 0 amide bonds. The minimum Gasteiger partial charge on any atom is -0.324 e. The van der Waals surface area contributed by atoms with Crippen LogP contribution in [-0.2, 0) is 10.0 Å². The molecule has 0 bridgehead atoms. The van der Waals surface area contributed by atoms with Gasteiger partial charge in [0.1, 0.15) is 0 Å². The summed E-state index contributed by atoms with van der Waals surface area (Å²) in [5.41, 5.74) is 6.73. The Bertz CT molecular complexity index is 519. The molecule has 1 aromatic carbocycles. The molecule has 2 rings (SSSR count). The average molecular weight is 282 g/mol. The Morgan fingerprint density at radius 2 is 1.89 bits per heavy atom. The molecule has 1 aliphatic rings. The van der Waals surface area contributed by atoms with E-state index in [0.717, 1.165) is 24.8 Å². The summed E-state index contributed by atoms with van der Waals surface area (Å²) in [6.07, 6.45) is 2.81. The van der Waals surface area contributed by atoms with Crippen LogP contribution in [-0.4, -0.2) is 25.3 Å². The minimum absolute atomic E-state index is 0.0769. The first-order valence-electron chi connectivity index (χ1n) is 6.84. The van der Waals surface area contributed by atoms with Crippen molar-refractivity contribution < 1.29 is 8.42 Å². The monoisotopic (exact) mass is 282 g/mol.